The second kappa shape index (κ2) is 8.76. The molecule has 0 saturated carbocycles. The van der Waals surface area contributed by atoms with Crippen molar-refractivity contribution in [2.75, 3.05) is 26.2 Å². The maximum atomic E-state index is 13.1. The molecule has 3 aromatic rings. The summed E-state index contributed by atoms with van der Waals surface area (Å²) in [4.78, 5) is 14.6. The monoisotopic (exact) mass is 442 g/mol. The molecule has 1 fully saturated rings. The van der Waals surface area contributed by atoms with Crippen LogP contribution in [-0.4, -0.2) is 49.7 Å². The van der Waals surface area contributed by atoms with Crippen molar-refractivity contribution in [1.82, 2.24) is 9.21 Å². The molecular formula is C23H23ClN2O3S. The quantitative estimate of drug-likeness (QED) is 0.601. The van der Waals surface area contributed by atoms with Crippen LogP contribution in [0.25, 0.3) is 10.8 Å². The number of halogens is 1. The number of amides is 1. The third-order valence-electron chi connectivity index (χ3n) is 5.47. The van der Waals surface area contributed by atoms with Crippen LogP contribution in [0, 0.1) is 0 Å². The van der Waals surface area contributed by atoms with Crippen molar-refractivity contribution in [3.05, 3.63) is 77.3 Å². The Morgan fingerprint density at radius 3 is 2.33 bits per heavy atom. The Morgan fingerprint density at radius 1 is 0.867 bits per heavy atom. The number of fused-ring (bicyclic) bond motifs is 1. The molecule has 1 amide bonds. The van der Waals surface area contributed by atoms with E-state index in [1.165, 1.54) is 4.31 Å². The van der Waals surface area contributed by atoms with Crippen LogP contribution in [0.15, 0.2) is 71.6 Å². The average molecular weight is 443 g/mol. The van der Waals surface area contributed by atoms with E-state index in [0.717, 1.165) is 16.3 Å². The standard InChI is InChI=1S/C23H23ClN2O3S/c24-21-7-3-4-18(16-21)8-11-23(27)25-12-14-26(15-13-25)30(28,29)22-10-9-19-5-1-2-6-20(19)17-22/h1-7,9-10,16-17H,8,11-15H2. The van der Waals surface area contributed by atoms with Gasteiger partial charge >= 0.3 is 0 Å². The zero-order valence-corrected chi connectivity index (χ0v) is 18.1. The zero-order chi connectivity index (χ0) is 21.1. The molecule has 1 heterocycles. The average Bonchev–Trinajstić information content (AvgIpc) is 2.77. The highest BCUT2D eigenvalue weighted by Crippen LogP contribution is 2.23. The Morgan fingerprint density at radius 2 is 1.60 bits per heavy atom. The number of hydrogen-bond donors (Lipinski definition) is 0. The second-order valence-corrected chi connectivity index (χ2v) is 9.80. The second-order valence-electron chi connectivity index (χ2n) is 7.42. The molecule has 0 bridgehead atoms. The maximum Gasteiger partial charge on any atom is 0.243 e. The molecule has 7 heteroatoms. The minimum atomic E-state index is -3.58. The zero-order valence-electron chi connectivity index (χ0n) is 16.5. The number of carbonyl (C=O) groups excluding carboxylic acids is 1. The van der Waals surface area contributed by atoms with Gasteiger partial charge in [0.25, 0.3) is 0 Å². The smallest absolute Gasteiger partial charge is 0.243 e. The van der Waals surface area contributed by atoms with E-state index in [1.54, 1.807) is 17.0 Å². The van der Waals surface area contributed by atoms with Crippen LogP contribution in [0.5, 0.6) is 0 Å². The van der Waals surface area contributed by atoms with Gasteiger partial charge in [0.05, 0.1) is 4.90 Å². The van der Waals surface area contributed by atoms with Gasteiger partial charge in [0.1, 0.15) is 0 Å². The lowest BCUT2D eigenvalue weighted by Gasteiger charge is -2.34. The molecule has 0 aliphatic carbocycles. The number of sulfonamides is 1. The van der Waals surface area contributed by atoms with E-state index in [-0.39, 0.29) is 5.91 Å². The summed E-state index contributed by atoms with van der Waals surface area (Å²) in [6, 6.07) is 20.4. The first kappa shape index (κ1) is 20.8. The fourth-order valence-electron chi connectivity index (χ4n) is 3.76. The van der Waals surface area contributed by atoms with Crippen LogP contribution in [0.3, 0.4) is 0 Å². The molecule has 0 unspecified atom stereocenters. The van der Waals surface area contributed by atoms with Crippen molar-refractivity contribution in [3.63, 3.8) is 0 Å². The van der Waals surface area contributed by atoms with Gasteiger partial charge in [0, 0.05) is 37.6 Å². The Labute approximate surface area is 181 Å². The van der Waals surface area contributed by atoms with Crippen LogP contribution < -0.4 is 0 Å². The number of nitrogens with zero attached hydrogens (tertiary/aromatic N) is 2. The van der Waals surface area contributed by atoms with Gasteiger partial charge < -0.3 is 4.90 Å². The Hall–Kier alpha value is -2.41. The molecule has 0 N–H and O–H groups in total. The van der Waals surface area contributed by atoms with E-state index >= 15 is 0 Å². The van der Waals surface area contributed by atoms with Gasteiger partial charge in [-0.15, -0.1) is 0 Å². The summed E-state index contributed by atoms with van der Waals surface area (Å²) >= 11 is 5.99. The highest BCUT2D eigenvalue weighted by molar-refractivity contribution is 7.89. The van der Waals surface area contributed by atoms with Gasteiger partial charge in [0.2, 0.25) is 15.9 Å². The first-order valence-electron chi connectivity index (χ1n) is 9.95. The number of hydrogen-bond acceptors (Lipinski definition) is 3. The Kier molecular flexibility index (Phi) is 6.09. The molecule has 156 valence electrons. The lowest BCUT2D eigenvalue weighted by Crippen LogP contribution is -2.50. The van der Waals surface area contributed by atoms with Crippen molar-refractivity contribution in [2.45, 2.75) is 17.7 Å². The number of carbonyl (C=O) groups is 1. The lowest BCUT2D eigenvalue weighted by atomic mass is 10.1. The molecule has 3 aromatic carbocycles. The molecular weight excluding hydrogens is 420 g/mol. The normalized spacial score (nSPS) is 15.4. The predicted molar refractivity (Wildman–Crippen MR) is 119 cm³/mol. The van der Waals surface area contributed by atoms with Gasteiger partial charge in [0.15, 0.2) is 0 Å². The van der Waals surface area contributed by atoms with Crippen molar-refractivity contribution in [1.29, 1.82) is 0 Å². The number of piperazine rings is 1. The molecule has 5 nitrogen and oxygen atoms in total. The summed E-state index contributed by atoms with van der Waals surface area (Å²) in [7, 11) is -3.58. The lowest BCUT2D eigenvalue weighted by molar-refractivity contribution is -0.132. The fourth-order valence-corrected chi connectivity index (χ4v) is 5.43. The topological polar surface area (TPSA) is 57.7 Å². The molecule has 0 atom stereocenters. The molecule has 0 radical (unpaired) electrons. The number of benzene rings is 3. The van der Waals surface area contributed by atoms with Crippen LogP contribution in [-0.2, 0) is 21.2 Å². The van der Waals surface area contributed by atoms with E-state index in [0.29, 0.717) is 48.9 Å². The highest BCUT2D eigenvalue weighted by atomic mass is 35.5. The van der Waals surface area contributed by atoms with Crippen molar-refractivity contribution in [3.8, 4) is 0 Å². The van der Waals surface area contributed by atoms with E-state index in [2.05, 4.69) is 0 Å². The first-order valence-corrected chi connectivity index (χ1v) is 11.8. The summed E-state index contributed by atoms with van der Waals surface area (Å²) in [6.45, 7) is 1.42. The van der Waals surface area contributed by atoms with Crippen molar-refractivity contribution in [2.24, 2.45) is 0 Å². The highest BCUT2D eigenvalue weighted by Gasteiger charge is 2.30. The SMILES string of the molecule is O=C(CCc1cccc(Cl)c1)N1CCN(S(=O)(=O)c2ccc3ccccc3c2)CC1. The summed E-state index contributed by atoms with van der Waals surface area (Å²) in [6.07, 6.45) is 1.01. The first-order chi connectivity index (χ1) is 14.4. The molecule has 1 aliphatic heterocycles. The Balaban J connectivity index is 1.37. The van der Waals surface area contributed by atoms with E-state index in [4.69, 9.17) is 11.6 Å². The van der Waals surface area contributed by atoms with Crippen LogP contribution >= 0.6 is 11.6 Å². The number of rotatable bonds is 5. The molecule has 1 aliphatic rings. The van der Waals surface area contributed by atoms with Gasteiger partial charge in [-0.2, -0.15) is 4.31 Å². The van der Waals surface area contributed by atoms with E-state index in [1.807, 2.05) is 54.6 Å². The summed E-state index contributed by atoms with van der Waals surface area (Å²) in [5.74, 6) is 0.0396. The van der Waals surface area contributed by atoms with Crippen molar-refractivity contribution < 1.29 is 13.2 Å². The number of aryl methyl sites for hydroxylation is 1. The van der Waals surface area contributed by atoms with Crippen LogP contribution in [0.1, 0.15) is 12.0 Å². The van der Waals surface area contributed by atoms with E-state index in [9.17, 15) is 13.2 Å². The minimum absolute atomic E-state index is 0.0396. The third-order valence-corrected chi connectivity index (χ3v) is 7.60. The molecule has 4 rings (SSSR count). The molecule has 1 saturated heterocycles. The van der Waals surface area contributed by atoms with Crippen LogP contribution in [0.2, 0.25) is 5.02 Å². The van der Waals surface area contributed by atoms with Gasteiger partial charge in [-0.3, -0.25) is 4.79 Å². The summed E-state index contributed by atoms with van der Waals surface area (Å²) in [5, 5.41) is 2.56. The summed E-state index contributed by atoms with van der Waals surface area (Å²) < 4.78 is 27.6. The molecule has 0 aromatic heterocycles. The fraction of sp³-hybridized carbons (Fsp3) is 0.261. The minimum Gasteiger partial charge on any atom is -0.340 e. The predicted octanol–water partition coefficient (Wildman–Crippen LogP) is 3.96. The van der Waals surface area contributed by atoms with Gasteiger partial charge in [-0.1, -0.05) is 54.1 Å². The van der Waals surface area contributed by atoms with Gasteiger partial charge in [-0.25, -0.2) is 8.42 Å². The molecule has 0 spiro atoms. The maximum absolute atomic E-state index is 13.1. The van der Waals surface area contributed by atoms with Crippen LogP contribution in [0.4, 0.5) is 0 Å². The largest absolute Gasteiger partial charge is 0.340 e. The van der Waals surface area contributed by atoms with Crippen molar-refractivity contribution >= 4 is 38.3 Å². The Bertz CT molecular complexity index is 1170. The van der Waals surface area contributed by atoms with Gasteiger partial charge in [-0.05, 0) is 47.0 Å². The van der Waals surface area contributed by atoms with E-state index < -0.39 is 10.0 Å². The summed E-state index contributed by atoms with van der Waals surface area (Å²) in [5.41, 5.74) is 1.02. The molecule has 30 heavy (non-hydrogen) atoms. The third kappa shape index (κ3) is 4.51.